The summed E-state index contributed by atoms with van der Waals surface area (Å²) < 4.78 is 5.79. The Morgan fingerprint density at radius 3 is 2.52 bits per heavy atom. The number of carbonyl (C=O) groups excluding carboxylic acids is 2. The Morgan fingerprint density at radius 2 is 1.84 bits per heavy atom. The largest absolute Gasteiger partial charge is 0.506 e. The van der Waals surface area contributed by atoms with Crippen molar-refractivity contribution in [3.8, 4) is 5.75 Å². The Hall–Kier alpha value is -2.93. The van der Waals surface area contributed by atoms with Gasteiger partial charge in [0, 0.05) is 19.6 Å². The predicted molar refractivity (Wildman–Crippen MR) is 114 cm³/mol. The third-order valence-electron chi connectivity index (χ3n) is 7.18. The molecule has 3 heterocycles. The molecule has 5 rings (SSSR count). The summed E-state index contributed by atoms with van der Waals surface area (Å²) in [5.41, 5.74) is 0.416. The van der Waals surface area contributed by atoms with Gasteiger partial charge >= 0.3 is 0 Å². The SMILES string of the molecule is O=C(c1ccc(O)cn1)N1CCOCC12CCN(C(=O)C1(c3ccccc3)CCC1)C2. The van der Waals surface area contributed by atoms with Crippen LogP contribution < -0.4 is 0 Å². The first-order valence-corrected chi connectivity index (χ1v) is 10.9. The molecular formula is C24H27N3O4. The standard InChI is InChI=1S/C24H27N3O4/c28-19-7-8-20(25-15-19)21(29)27-13-14-31-17-23(27)11-12-26(16-23)22(30)24(9-4-10-24)18-5-2-1-3-6-18/h1-3,5-8,15,28H,4,9-14,16-17H2. The van der Waals surface area contributed by atoms with Crippen LogP contribution in [0.15, 0.2) is 48.7 Å². The Balaban J connectivity index is 1.39. The van der Waals surface area contributed by atoms with Gasteiger partial charge in [-0.05, 0) is 37.0 Å². The fraction of sp³-hybridized carbons (Fsp3) is 0.458. The van der Waals surface area contributed by atoms with Gasteiger partial charge in [-0.25, -0.2) is 4.98 Å². The quantitative estimate of drug-likeness (QED) is 0.823. The third-order valence-corrected chi connectivity index (χ3v) is 7.18. The van der Waals surface area contributed by atoms with Gasteiger partial charge in [-0.3, -0.25) is 9.59 Å². The summed E-state index contributed by atoms with van der Waals surface area (Å²) in [5, 5.41) is 9.50. The van der Waals surface area contributed by atoms with Crippen molar-refractivity contribution in [2.45, 2.75) is 36.6 Å². The first kappa shape index (κ1) is 20.0. The van der Waals surface area contributed by atoms with Crippen molar-refractivity contribution in [2.24, 2.45) is 0 Å². The van der Waals surface area contributed by atoms with Crippen molar-refractivity contribution in [3.63, 3.8) is 0 Å². The third kappa shape index (κ3) is 3.28. The molecule has 1 saturated carbocycles. The lowest BCUT2D eigenvalue weighted by Gasteiger charge is -2.46. The average molecular weight is 421 g/mol. The van der Waals surface area contributed by atoms with Crippen LogP contribution in [-0.4, -0.2) is 70.1 Å². The smallest absolute Gasteiger partial charge is 0.273 e. The molecule has 3 aliphatic rings. The maximum absolute atomic E-state index is 13.7. The maximum atomic E-state index is 13.7. The van der Waals surface area contributed by atoms with E-state index in [0.717, 1.165) is 24.8 Å². The topological polar surface area (TPSA) is 83.0 Å². The first-order chi connectivity index (χ1) is 15.0. The van der Waals surface area contributed by atoms with Crippen LogP contribution in [0.3, 0.4) is 0 Å². The molecule has 1 N–H and O–H groups in total. The number of pyridine rings is 1. The van der Waals surface area contributed by atoms with E-state index in [1.165, 1.54) is 18.3 Å². The number of likely N-dealkylation sites (tertiary alicyclic amines) is 1. The van der Waals surface area contributed by atoms with Gasteiger partial charge in [0.25, 0.3) is 5.91 Å². The minimum Gasteiger partial charge on any atom is -0.506 e. The molecular weight excluding hydrogens is 394 g/mol. The van der Waals surface area contributed by atoms with E-state index in [-0.39, 0.29) is 17.6 Å². The van der Waals surface area contributed by atoms with E-state index in [9.17, 15) is 14.7 Å². The monoisotopic (exact) mass is 421 g/mol. The van der Waals surface area contributed by atoms with E-state index in [0.29, 0.717) is 45.0 Å². The highest BCUT2D eigenvalue weighted by molar-refractivity contribution is 5.93. The van der Waals surface area contributed by atoms with Crippen LogP contribution in [0.4, 0.5) is 0 Å². The van der Waals surface area contributed by atoms with Crippen molar-refractivity contribution >= 4 is 11.8 Å². The van der Waals surface area contributed by atoms with Gasteiger partial charge in [0.2, 0.25) is 5.91 Å². The van der Waals surface area contributed by atoms with E-state index in [4.69, 9.17) is 4.74 Å². The molecule has 2 aromatic rings. The van der Waals surface area contributed by atoms with Crippen molar-refractivity contribution < 1.29 is 19.4 Å². The summed E-state index contributed by atoms with van der Waals surface area (Å²) in [5.74, 6) is 0.0131. The Kier molecular flexibility index (Phi) is 4.93. The summed E-state index contributed by atoms with van der Waals surface area (Å²) >= 11 is 0. The van der Waals surface area contributed by atoms with Gasteiger partial charge in [0.05, 0.1) is 30.4 Å². The fourth-order valence-corrected chi connectivity index (χ4v) is 5.29. The van der Waals surface area contributed by atoms with E-state index in [2.05, 4.69) is 17.1 Å². The zero-order valence-corrected chi connectivity index (χ0v) is 17.5. The molecule has 1 atom stereocenters. The van der Waals surface area contributed by atoms with Gasteiger partial charge in [-0.2, -0.15) is 0 Å². The lowest BCUT2D eigenvalue weighted by Crippen LogP contribution is -2.61. The van der Waals surface area contributed by atoms with Crippen LogP contribution in [-0.2, 0) is 14.9 Å². The molecule has 7 nitrogen and oxygen atoms in total. The number of nitrogens with zero attached hydrogens (tertiary/aromatic N) is 3. The van der Waals surface area contributed by atoms with Crippen molar-refractivity contribution in [2.75, 3.05) is 32.8 Å². The van der Waals surface area contributed by atoms with Gasteiger partial charge in [0.15, 0.2) is 0 Å². The fourth-order valence-electron chi connectivity index (χ4n) is 5.29. The first-order valence-electron chi connectivity index (χ1n) is 10.9. The molecule has 1 aliphatic carbocycles. The van der Waals surface area contributed by atoms with Crippen LogP contribution in [0.25, 0.3) is 0 Å². The van der Waals surface area contributed by atoms with Crippen molar-refractivity contribution in [3.05, 3.63) is 59.9 Å². The lowest BCUT2D eigenvalue weighted by molar-refractivity contribution is -0.141. The number of carbonyl (C=O) groups is 2. The maximum Gasteiger partial charge on any atom is 0.273 e. The minimum absolute atomic E-state index is 0.0255. The molecule has 1 unspecified atom stereocenters. The highest BCUT2D eigenvalue weighted by atomic mass is 16.5. The average Bonchev–Trinajstić information content (AvgIpc) is 3.18. The summed E-state index contributed by atoms with van der Waals surface area (Å²) in [7, 11) is 0. The molecule has 3 fully saturated rings. The summed E-state index contributed by atoms with van der Waals surface area (Å²) in [6.07, 6.45) is 4.77. The van der Waals surface area contributed by atoms with E-state index >= 15 is 0 Å². The van der Waals surface area contributed by atoms with E-state index < -0.39 is 11.0 Å². The summed E-state index contributed by atoms with van der Waals surface area (Å²) in [6, 6.07) is 13.1. The van der Waals surface area contributed by atoms with Crippen LogP contribution in [0.2, 0.25) is 0 Å². The number of amides is 2. The second kappa shape index (κ2) is 7.64. The summed E-state index contributed by atoms with van der Waals surface area (Å²) in [6.45, 7) is 2.44. The zero-order chi connectivity index (χ0) is 21.5. The van der Waals surface area contributed by atoms with Crippen LogP contribution in [0.5, 0.6) is 5.75 Å². The molecule has 1 aromatic carbocycles. The highest BCUT2D eigenvalue weighted by Gasteiger charge is 2.53. The van der Waals surface area contributed by atoms with Crippen molar-refractivity contribution in [1.29, 1.82) is 0 Å². The molecule has 2 amide bonds. The number of hydrogen-bond donors (Lipinski definition) is 1. The van der Waals surface area contributed by atoms with Crippen LogP contribution >= 0.6 is 0 Å². The molecule has 162 valence electrons. The Labute approximate surface area is 181 Å². The van der Waals surface area contributed by atoms with Crippen molar-refractivity contribution in [1.82, 2.24) is 14.8 Å². The molecule has 1 aromatic heterocycles. The number of aromatic nitrogens is 1. The van der Waals surface area contributed by atoms with E-state index in [1.807, 2.05) is 28.0 Å². The normalized spacial score (nSPS) is 24.8. The molecule has 1 spiro atoms. The van der Waals surface area contributed by atoms with Gasteiger partial charge < -0.3 is 19.6 Å². The number of rotatable bonds is 3. The minimum atomic E-state index is -0.536. The van der Waals surface area contributed by atoms with E-state index in [1.54, 1.807) is 0 Å². The number of hydrogen-bond acceptors (Lipinski definition) is 5. The number of benzene rings is 1. The summed E-state index contributed by atoms with van der Waals surface area (Å²) in [4.78, 5) is 34.8. The number of aromatic hydroxyl groups is 1. The molecule has 2 saturated heterocycles. The van der Waals surface area contributed by atoms with Gasteiger partial charge in [-0.1, -0.05) is 36.8 Å². The molecule has 0 bridgehead atoms. The highest BCUT2D eigenvalue weighted by Crippen LogP contribution is 2.46. The number of ether oxygens (including phenoxy) is 1. The molecule has 0 radical (unpaired) electrons. The van der Waals surface area contributed by atoms with Gasteiger partial charge in [0.1, 0.15) is 11.4 Å². The molecule has 7 heteroatoms. The Morgan fingerprint density at radius 1 is 1.03 bits per heavy atom. The molecule has 31 heavy (non-hydrogen) atoms. The number of morpholine rings is 1. The predicted octanol–water partition coefficient (Wildman–Crippen LogP) is 2.35. The molecule has 2 aliphatic heterocycles. The van der Waals surface area contributed by atoms with Crippen LogP contribution in [0, 0.1) is 0 Å². The van der Waals surface area contributed by atoms with Gasteiger partial charge in [-0.15, -0.1) is 0 Å². The second-order valence-corrected chi connectivity index (χ2v) is 8.91. The Bertz CT molecular complexity index is 974. The van der Waals surface area contributed by atoms with Crippen LogP contribution in [0.1, 0.15) is 41.7 Å². The lowest BCUT2D eigenvalue weighted by atomic mass is 9.63. The second-order valence-electron chi connectivity index (χ2n) is 8.91. The zero-order valence-electron chi connectivity index (χ0n) is 17.5.